The summed E-state index contributed by atoms with van der Waals surface area (Å²) in [5.41, 5.74) is 9.24. The lowest BCUT2D eigenvalue weighted by Crippen LogP contribution is -2.00. The maximum absolute atomic E-state index is 6.54. The minimum Gasteiger partial charge on any atom is -0.455 e. The van der Waals surface area contributed by atoms with E-state index in [1.165, 1.54) is 36.7 Å². The quantitative estimate of drug-likeness (QED) is 0.179. The van der Waals surface area contributed by atoms with Crippen molar-refractivity contribution in [2.45, 2.75) is 0 Å². The second-order valence-corrected chi connectivity index (χ2v) is 14.7. The topological polar surface area (TPSA) is 51.8 Å². The van der Waals surface area contributed by atoms with Crippen molar-refractivity contribution in [1.82, 2.24) is 15.0 Å². The van der Waals surface area contributed by atoms with Crippen LogP contribution in [0.25, 0.3) is 109 Å². The minimum atomic E-state index is 0.636. The highest BCUT2D eigenvalue weighted by atomic mass is 32.1. The fraction of sp³-hybridized carbons (Fsp3) is 0. The van der Waals surface area contributed by atoms with Gasteiger partial charge in [0, 0.05) is 53.0 Å². The molecule has 4 nitrogen and oxygen atoms in total. The average Bonchev–Trinajstić information content (AvgIpc) is 3.82. The van der Waals surface area contributed by atoms with Crippen LogP contribution in [-0.4, -0.2) is 15.0 Å². The van der Waals surface area contributed by atoms with Crippen molar-refractivity contribution in [2.75, 3.05) is 0 Å². The normalized spacial score (nSPS) is 11.7. The van der Waals surface area contributed by atoms with E-state index in [1.54, 1.807) is 0 Å². The van der Waals surface area contributed by atoms with Gasteiger partial charge < -0.3 is 4.42 Å². The first-order chi connectivity index (χ1) is 26.7. The Morgan fingerprint density at radius 3 is 1.63 bits per heavy atom. The summed E-state index contributed by atoms with van der Waals surface area (Å²) >= 11 is 1.81. The molecule has 0 bridgehead atoms. The van der Waals surface area contributed by atoms with Crippen molar-refractivity contribution in [3.8, 4) is 56.4 Å². The molecule has 8 aromatic carbocycles. The lowest BCUT2D eigenvalue weighted by Gasteiger charge is -2.09. The van der Waals surface area contributed by atoms with Crippen LogP contribution in [-0.2, 0) is 0 Å². The van der Waals surface area contributed by atoms with Gasteiger partial charge in [-0.3, -0.25) is 0 Å². The minimum absolute atomic E-state index is 0.636. The van der Waals surface area contributed by atoms with Gasteiger partial charge in [-0.1, -0.05) is 133 Å². The molecule has 3 aromatic heterocycles. The molecule has 0 spiro atoms. The summed E-state index contributed by atoms with van der Waals surface area (Å²) in [6.45, 7) is 0. The number of furan rings is 1. The number of hydrogen-bond donors (Lipinski definition) is 0. The SMILES string of the molecule is c1ccc(-c2nc(-c3ccc(-c4ccc5oc6c7ccccc7c(-c7ccccc7)cc6c5c4)cc3)nc(-c3ccc4sc5ccccc5c4c3)n2)cc1. The second-order valence-electron chi connectivity index (χ2n) is 13.6. The molecular formula is C49H29N3OS. The Balaban J connectivity index is 1.01. The maximum atomic E-state index is 6.54. The zero-order valence-corrected chi connectivity index (χ0v) is 29.7. The molecule has 0 aliphatic carbocycles. The molecule has 0 aliphatic rings. The van der Waals surface area contributed by atoms with Gasteiger partial charge in [-0.15, -0.1) is 11.3 Å². The molecule has 0 atom stereocenters. The summed E-state index contributed by atoms with van der Waals surface area (Å²) in [5.74, 6) is 1.94. The summed E-state index contributed by atoms with van der Waals surface area (Å²) in [6.07, 6.45) is 0. The molecule has 0 saturated carbocycles. The molecule has 5 heteroatoms. The van der Waals surface area contributed by atoms with E-state index in [4.69, 9.17) is 19.4 Å². The van der Waals surface area contributed by atoms with E-state index in [-0.39, 0.29) is 0 Å². The number of nitrogens with zero attached hydrogens (tertiary/aromatic N) is 3. The van der Waals surface area contributed by atoms with Crippen LogP contribution < -0.4 is 0 Å². The fourth-order valence-corrected chi connectivity index (χ4v) is 8.75. The maximum Gasteiger partial charge on any atom is 0.164 e. The molecule has 0 fully saturated rings. The van der Waals surface area contributed by atoms with E-state index in [2.05, 4.69) is 146 Å². The Labute approximate surface area is 314 Å². The van der Waals surface area contributed by atoms with Crippen LogP contribution in [0.1, 0.15) is 0 Å². The van der Waals surface area contributed by atoms with Crippen LogP contribution >= 0.6 is 11.3 Å². The zero-order chi connectivity index (χ0) is 35.6. The molecule has 0 unspecified atom stereocenters. The average molecular weight is 708 g/mol. The highest BCUT2D eigenvalue weighted by Gasteiger charge is 2.17. The molecule has 11 aromatic rings. The number of rotatable bonds is 5. The Kier molecular flexibility index (Phi) is 7.00. The van der Waals surface area contributed by atoms with Crippen LogP contribution in [0.3, 0.4) is 0 Å². The highest BCUT2D eigenvalue weighted by Crippen LogP contribution is 2.41. The van der Waals surface area contributed by atoms with Gasteiger partial charge in [-0.05, 0) is 70.1 Å². The van der Waals surface area contributed by atoms with Crippen molar-refractivity contribution in [2.24, 2.45) is 0 Å². The Morgan fingerprint density at radius 2 is 0.870 bits per heavy atom. The van der Waals surface area contributed by atoms with Crippen molar-refractivity contribution in [3.05, 3.63) is 176 Å². The first-order valence-corrected chi connectivity index (χ1v) is 18.8. The summed E-state index contributed by atoms with van der Waals surface area (Å²) in [4.78, 5) is 15.1. The lowest BCUT2D eigenvalue weighted by molar-refractivity contribution is 0.673. The molecular weight excluding hydrogens is 679 g/mol. The second kappa shape index (κ2) is 12.3. The third-order valence-corrected chi connectivity index (χ3v) is 11.5. The van der Waals surface area contributed by atoms with Crippen molar-refractivity contribution in [1.29, 1.82) is 0 Å². The van der Waals surface area contributed by atoms with E-state index < -0.39 is 0 Å². The van der Waals surface area contributed by atoms with Gasteiger partial charge >= 0.3 is 0 Å². The molecule has 0 N–H and O–H groups in total. The van der Waals surface area contributed by atoms with Crippen LogP contribution in [0.15, 0.2) is 180 Å². The summed E-state index contributed by atoms with van der Waals surface area (Å²) < 4.78 is 9.06. The van der Waals surface area contributed by atoms with Crippen LogP contribution in [0.4, 0.5) is 0 Å². The van der Waals surface area contributed by atoms with E-state index in [0.717, 1.165) is 55.1 Å². The highest BCUT2D eigenvalue weighted by molar-refractivity contribution is 7.25. The third-order valence-electron chi connectivity index (χ3n) is 10.3. The monoisotopic (exact) mass is 707 g/mol. The smallest absolute Gasteiger partial charge is 0.164 e. The number of fused-ring (bicyclic) bond motifs is 8. The molecule has 0 aliphatic heterocycles. The molecule has 11 rings (SSSR count). The lowest BCUT2D eigenvalue weighted by atomic mass is 9.95. The summed E-state index contributed by atoms with van der Waals surface area (Å²) in [6, 6.07) is 61.6. The largest absolute Gasteiger partial charge is 0.455 e. The summed E-state index contributed by atoms with van der Waals surface area (Å²) in [5, 5.41) is 6.97. The van der Waals surface area contributed by atoms with E-state index in [0.29, 0.717) is 17.5 Å². The number of thiophene rings is 1. The number of benzene rings is 8. The first-order valence-electron chi connectivity index (χ1n) is 18.0. The molecule has 0 radical (unpaired) electrons. The van der Waals surface area contributed by atoms with Crippen LogP contribution in [0.5, 0.6) is 0 Å². The van der Waals surface area contributed by atoms with Gasteiger partial charge in [0.1, 0.15) is 11.2 Å². The van der Waals surface area contributed by atoms with Crippen LogP contribution in [0, 0.1) is 0 Å². The standard InChI is InChI=1S/C49H29N3OS/c1-3-11-31(12-4-1)39-29-42-40-27-34(23-25-43(40)53-46(42)38-17-8-7-15-36(38)39)30-19-21-33(22-20-30)48-50-47(32-13-5-2-6-14-32)51-49(52-48)35-24-26-45-41(28-35)37-16-9-10-18-44(37)54-45/h1-29H. The van der Waals surface area contributed by atoms with Crippen molar-refractivity contribution >= 4 is 64.2 Å². The molecule has 54 heavy (non-hydrogen) atoms. The molecule has 252 valence electrons. The zero-order valence-electron chi connectivity index (χ0n) is 28.9. The van der Waals surface area contributed by atoms with Gasteiger partial charge in [0.25, 0.3) is 0 Å². The number of aromatic nitrogens is 3. The van der Waals surface area contributed by atoms with Gasteiger partial charge in [-0.25, -0.2) is 15.0 Å². The van der Waals surface area contributed by atoms with E-state index in [9.17, 15) is 0 Å². The van der Waals surface area contributed by atoms with Gasteiger partial charge in [0.05, 0.1) is 0 Å². The van der Waals surface area contributed by atoms with Gasteiger partial charge in [0.15, 0.2) is 17.5 Å². The van der Waals surface area contributed by atoms with Gasteiger partial charge in [0.2, 0.25) is 0 Å². The molecule has 0 amide bonds. The predicted octanol–water partition coefficient (Wildman–Crippen LogP) is 13.6. The van der Waals surface area contributed by atoms with Crippen molar-refractivity contribution in [3.63, 3.8) is 0 Å². The Hall–Kier alpha value is -6.95. The first kappa shape index (κ1) is 30.7. The Bertz CT molecular complexity index is 3200. The fourth-order valence-electron chi connectivity index (χ4n) is 7.66. The van der Waals surface area contributed by atoms with E-state index in [1.807, 2.05) is 41.7 Å². The predicted molar refractivity (Wildman–Crippen MR) is 225 cm³/mol. The molecule has 0 saturated heterocycles. The third kappa shape index (κ3) is 5.09. The Morgan fingerprint density at radius 1 is 0.333 bits per heavy atom. The number of hydrogen-bond acceptors (Lipinski definition) is 5. The van der Waals surface area contributed by atoms with E-state index >= 15 is 0 Å². The van der Waals surface area contributed by atoms with Crippen molar-refractivity contribution < 1.29 is 4.42 Å². The summed E-state index contributed by atoms with van der Waals surface area (Å²) in [7, 11) is 0. The van der Waals surface area contributed by atoms with Gasteiger partial charge in [-0.2, -0.15) is 0 Å². The molecule has 3 heterocycles. The van der Waals surface area contributed by atoms with Crippen LogP contribution in [0.2, 0.25) is 0 Å².